The summed E-state index contributed by atoms with van der Waals surface area (Å²) in [5, 5.41) is 4.68. The lowest BCUT2D eigenvalue weighted by Gasteiger charge is -2.21. The Balaban J connectivity index is 1.84. The Morgan fingerprint density at radius 2 is 2.04 bits per heavy atom. The third kappa shape index (κ3) is 3.14. The first kappa shape index (κ1) is 17.5. The number of rotatable bonds is 5. The fourth-order valence-electron chi connectivity index (χ4n) is 3.20. The van der Waals surface area contributed by atoms with Crippen LogP contribution in [0.25, 0.3) is 10.2 Å². The molecule has 27 heavy (non-hydrogen) atoms. The van der Waals surface area contributed by atoms with Crippen molar-refractivity contribution in [1.29, 1.82) is 0 Å². The van der Waals surface area contributed by atoms with Crippen LogP contribution in [0.3, 0.4) is 0 Å². The molecule has 0 saturated heterocycles. The Labute approximate surface area is 161 Å². The zero-order valence-corrected chi connectivity index (χ0v) is 16.5. The molecule has 0 saturated carbocycles. The van der Waals surface area contributed by atoms with Crippen LogP contribution in [-0.2, 0) is 7.05 Å². The second-order valence-corrected chi connectivity index (χ2v) is 7.64. The van der Waals surface area contributed by atoms with Gasteiger partial charge in [-0.15, -0.1) is 11.3 Å². The molecule has 0 radical (unpaired) electrons. The van der Waals surface area contributed by atoms with Gasteiger partial charge in [-0.3, -0.25) is 0 Å². The number of imidazole rings is 1. The van der Waals surface area contributed by atoms with Crippen LogP contribution in [-0.4, -0.2) is 26.6 Å². The average Bonchev–Trinajstić information content (AvgIpc) is 3.23. The molecule has 0 spiro atoms. The minimum atomic E-state index is -0.169. The predicted molar refractivity (Wildman–Crippen MR) is 109 cm³/mol. The van der Waals surface area contributed by atoms with Gasteiger partial charge in [-0.1, -0.05) is 12.1 Å². The van der Waals surface area contributed by atoms with Gasteiger partial charge in [-0.2, -0.15) is 0 Å². The van der Waals surface area contributed by atoms with Gasteiger partial charge in [0.15, 0.2) is 0 Å². The lowest BCUT2D eigenvalue weighted by atomic mass is 10.1. The number of aryl methyl sites for hydroxylation is 3. The van der Waals surface area contributed by atoms with E-state index < -0.39 is 0 Å². The van der Waals surface area contributed by atoms with Crippen molar-refractivity contribution >= 4 is 27.4 Å². The first-order valence-electron chi connectivity index (χ1n) is 8.67. The van der Waals surface area contributed by atoms with Crippen molar-refractivity contribution in [2.75, 3.05) is 12.4 Å². The van der Waals surface area contributed by atoms with Crippen molar-refractivity contribution in [2.45, 2.75) is 19.9 Å². The summed E-state index contributed by atoms with van der Waals surface area (Å²) in [5.74, 6) is 2.53. The number of methoxy groups -OCH3 is 1. The summed E-state index contributed by atoms with van der Waals surface area (Å²) in [5.41, 5.74) is 2.27. The second kappa shape index (κ2) is 7.00. The molecular formula is C20H21N5OS. The largest absolute Gasteiger partial charge is 0.497 e. The summed E-state index contributed by atoms with van der Waals surface area (Å²) < 4.78 is 7.43. The van der Waals surface area contributed by atoms with Crippen LogP contribution in [0.4, 0.5) is 5.82 Å². The van der Waals surface area contributed by atoms with Gasteiger partial charge >= 0.3 is 0 Å². The normalized spacial score (nSPS) is 12.3. The van der Waals surface area contributed by atoms with Gasteiger partial charge in [0, 0.05) is 24.3 Å². The molecule has 1 N–H and O–H groups in total. The van der Waals surface area contributed by atoms with E-state index in [4.69, 9.17) is 4.74 Å². The molecule has 7 heteroatoms. The molecule has 0 aliphatic rings. The number of aromatic nitrogens is 4. The van der Waals surface area contributed by atoms with E-state index in [0.29, 0.717) is 0 Å². The van der Waals surface area contributed by atoms with Gasteiger partial charge in [-0.05, 0) is 37.1 Å². The molecule has 0 aliphatic heterocycles. The van der Waals surface area contributed by atoms with E-state index in [1.54, 1.807) is 31.0 Å². The summed E-state index contributed by atoms with van der Waals surface area (Å²) in [4.78, 5) is 15.8. The van der Waals surface area contributed by atoms with Gasteiger partial charge in [0.05, 0.1) is 12.5 Å². The summed E-state index contributed by atoms with van der Waals surface area (Å²) >= 11 is 1.69. The van der Waals surface area contributed by atoms with Crippen molar-refractivity contribution in [3.63, 3.8) is 0 Å². The number of benzene rings is 1. The molecule has 1 atom stereocenters. The Hall–Kier alpha value is -2.93. The van der Waals surface area contributed by atoms with Crippen LogP contribution in [0, 0.1) is 13.8 Å². The number of nitrogens with one attached hydrogen (secondary N) is 1. The molecule has 0 aliphatic carbocycles. The molecule has 4 aromatic rings. The lowest BCUT2D eigenvalue weighted by Crippen LogP contribution is -2.17. The molecule has 6 nitrogen and oxygen atoms in total. The van der Waals surface area contributed by atoms with Gasteiger partial charge in [-0.25, -0.2) is 15.0 Å². The van der Waals surface area contributed by atoms with Crippen LogP contribution >= 0.6 is 11.3 Å². The minimum Gasteiger partial charge on any atom is -0.497 e. The van der Waals surface area contributed by atoms with Crippen molar-refractivity contribution in [3.8, 4) is 5.75 Å². The Bertz CT molecular complexity index is 1100. The van der Waals surface area contributed by atoms with Gasteiger partial charge < -0.3 is 14.6 Å². The van der Waals surface area contributed by atoms with E-state index in [2.05, 4.69) is 40.2 Å². The standard InChI is InChI=1S/C20H21N5OS/c1-12-13(2)27-20-16(12)18(22-11-23-20)24-17(19-21-8-9-25(19)3)14-6-5-7-15(10-14)26-4/h5-11,17H,1-4H3,(H,22,23,24). The number of anilines is 1. The molecule has 0 amide bonds. The molecule has 3 aromatic heterocycles. The summed E-state index contributed by atoms with van der Waals surface area (Å²) in [6, 6.07) is 7.85. The molecule has 0 bridgehead atoms. The van der Waals surface area contributed by atoms with Crippen LogP contribution in [0.1, 0.15) is 27.9 Å². The number of fused-ring (bicyclic) bond motifs is 1. The highest BCUT2D eigenvalue weighted by atomic mass is 32.1. The minimum absolute atomic E-state index is 0.169. The van der Waals surface area contributed by atoms with Crippen LogP contribution in [0.15, 0.2) is 43.0 Å². The Morgan fingerprint density at radius 1 is 1.19 bits per heavy atom. The Morgan fingerprint density at radius 3 is 2.78 bits per heavy atom. The SMILES string of the molecule is COc1cccc(C(Nc2ncnc3sc(C)c(C)c23)c2nccn2C)c1. The number of hydrogen-bond acceptors (Lipinski definition) is 6. The maximum Gasteiger partial charge on any atom is 0.139 e. The average molecular weight is 379 g/mol. The van der Waals surface area contributed by atoms with Crippen molar-refractivity contribution in [2.24, 2.45) is 7.05 Å². The van der Waals surface area contributed by atoms with Crippen LogP contribution in [0.2, 0.25) is 0 Å². The first-order chi connectivity index (χ1) is 13.1. The molecule has 3 heterocycles. The summed E-state index contributed by atoms with van der Waals surface area (Å²) in [6.07, 6.45) is 5.36. The molecule has 1 aromatic carbocycles. The van der Waals surface area contributed by atoms with Gasteiger partial charge in [0.2, 0.25) is 0 Å². The zero-order valence-electron chi connectivity index (χ0n) is 15.7. The molecule has 0 fully saturated rings. The molecular weight excluding hydrogens is 358 g/mol. The summed E-state index contributed by atoms with van der Waals surface area (Å²) in [7, 11) is 3.67. The fraction of sp³-hybridized carbons (Fsp3) is 0.250. The van der Waals surface area contributed by atoms with E-state index >= 15 is 0 Å². The van der Waals surface area contributed by atoms with E-state index in [9.17, 15) is 0 Å². The molecule has 138 valence electrons. The van der Waals surface area contributed by atoms with E-state index in [1.165, 1.54) is 10.4 Å². The predicted octanol–water partition coefficient (Wildman–Crippen LogP) is 4.25. The number of hydrogen-bond donors (Lipinski definition) is 1. The van der Waals surface area contributed by atoms with Crippen molar-refractivity contribution < 1.29 is 4.74 Å². The number of ether oxygens (including phenoxy) is 1. The third-order valence-corrected chi connectivity index (χ3v) is 5.91. The van der Waals surface area contributed by atoms with Gasteiger partial charge in [0.1, 0.15) is 34.6 Å². The maximum absolute atomic E-state index is 5.42. The smallest absolute Gasteiger partial charge is 0.139 e. The highest BCUT2D eigenvalue weighted by Crippen LogP contribution is 2.35. The van der Waals surface area contributed by atoms with E-state index in [-0.39, 0.29) is 6.04 Å². The monoisotopic (exact) mass is 379 g/mol. The Kier molecular flexibility index (Phi) is 4.53. The van der Waals surface area contributed by atoms with Crippen molar-refractivity contribution in [1.82, 2.24) is 19.5 Å². The fourth-order valence-corrected chi connectivity index (χ4v) is 4.20. The van der Waals surface area contributed by atoms with E-state index in [1.807, 2.05) is 36.0 Å². The lowest BCUT2D eigenvalue weighted by molar-refractivity contribution is 0.414. The molecule has 4 rings (SSSR count). The van der Waals surface area contributed by atoms with E-state index in [0.717, 1.165) is 33.2 Å². The van der Waals surface area contributed by atoms with Crippen LogP contribution in [0.5, 0.6) is 5.75 Å². The third-order valence-electron chi connectivity index (χ3n) is 4.79. The number of thiophene rings is 1. The second-order valence-electron chi connectivity index (χ2n) is 6.44. The zero-order chi connectivity index (χ0) is 19.0. The van der Waals surface area contributed by atoms with Crippen molar-refractivity contribution in [3.05, 3.63) is 64.8 Å². The maximum atomic E-state index is 5.42. The highest BCUT2D eigenvalue weighted by Gasteiger charge is 2.22. The van der Waals surface area contributed by atoms with Gasteiger partial charge in [0.25, 0.3) is 0 Å². The topological polar surface area (TPSA) is 64.9 Å². The molecule has 1 unspecified atom stereocenters. The highest BCUT2D eigenvalue weighted by molar-refractivity contribution is 7.18. The quantitative estimate of drug-likeness (QED) is 0.561. The number of nitrogens with zero attached hydrogens (tertiary/aromatic N) is 4. The first-order valence-corrected chi connectivity index (χ1v) is 9.48. The van der Waals surface area contributed by atoms with Crippen LogP contribution < -0.4 is 10.1 Å². The summed E-state index contributed by atoms with van der Waals surface area (Å²) in [6.45, 7) is 4.23.